The maximum atomic E-state index is 4.43. The van der Waals surface area contributed by atoms with Crippen LogP contribution in [-0.4, -0.2) is 4.37 Å². The largest absolute Gasteiger partial charge is 0.365 e. The Morgan fingerprint density at radius 3 is 2.47 bits per heavy atom. The standard InChI is InChI=1S/C14H18N2S/c1-14(2,3)12-9-13(16-17-12)15-10-11-7-5-4-6-8-11/h4-9H,10H2,1-3H3,(H,15,16). The lowest BCUT2D eigenvalue weighted by Crippen LogP contribution is -2.08. The molecule has 0 aliphatic rings. The Hall–Kier alpha value is -1.35. The van der Waals surface area contributed by atoms with Crippen LogP contribution in [0.5, 0.6) is 0 Å². The average Bonchev–Trinajstić information content (AvgIpc) is 2.76. The van der Waals surface area contributed by atoms with Gasteiger partial charge in [0.05, 0.1) is 0 Å². The van der Waals surface area contributed by atoms with Crippen molar-refractivity contribution in [3.63, 3.8) is 0 Å². The van der Waals surface area contributed by atoms with E-state index in [4.69, 9.17) is 0 Å². The van der Waals surface area contributed by atoms with E-state index >= 15 is 0 Å². The fraction of sp³-hybridized carbons (Fsp3) is 0.357. The Kier molecular flexibility index (Phi) is 3.48. The minimum absolute atomic E-state index is 0.185. The van der Waals surface area contributed by atoms with Gasteiger partial charge in [-0.15, -0.1) is 0 Å². The number of nitrogens with one attached hydrogen (secondary N) is 1. The topological polar surface area (TPSA) is 24.9 Å². The third-order valence-electron chi connectivity index (χ3n) is 2.57. The van der Waals surface area contributed by atoms with E-state index in [0.29, 0.717) is 0 Å². The Labute approximate surface area is 107 Å². The molecular weight excluding hydrogens is 228 g/mol. The molecule has 0 spiro atoms. The Morgan fingerprint density at radius 2 is 1.88 bits per heavy atom. The third-order valence-corrected chi connectivity index (χ3v) is 3.78. The summed E-state index contributed by atoms with van der Waals surface area (Å²) in [5, 5.41) is 3.35. The summed E-state index contributed by atoms with van der Waals surface area (Å²) in [6, 6.07) is 12.5. The molecule has 0 aliphatic carbocycles. The smallest absolute Gasteiger partial charge is 0.140 e. The van der Waals surface area contributed by atoms with E-state index in [1.165, 1.54) is 10.4 Å². The summed E-state index contributed by atoms with van der Waals surface area (Å²) in [6.07, 6.45) is 0. The van der Waals surface area contributed by atoms with E-state index in [9.17, 15) is 0 Å². The maximum absolute atomic E-state index is 4.43. The molecule has 2 nitrogen and oxygen atoms in total. The first-order chi connectivity index (χ1) is 8.05. The summed E-state index contributed by atoms with van der Waals surface area (Å²) in [4.78, 5) is 1.31. The molecule has 1 heterocycles. The van der Waals surface area contributed by atoms with E-state index in [-0.39, 0.29) is 5.41 Å². The van der Waals surface area contributed by atoms with Crippen LogP contribution in [0.4, 0.5) is 5.82 Å². The van der Waals surface area contributed by atoms with Crippen molar-refractivity contribution >= 4 is 17.4 Å². The van der Waals surface area contributed by atoms with Crippen LogP contribution in [0, 0.1) is 0 Å². The molecule has 0 aliphatic heterocycles. The van der Waals surface area contributed by atoms with E-state index in [1.807, 2.05) is 6.07 Å². The highest BCUT2D eigenvalue weighted by Crippen LogP contribution is 2.28. The maximum Gasteiger partial charge on any atom is 0.140 e. The van der Waals surface area contributed by atoms with Gasteiger partial charge in [-0.1, -0.05) is 51.1 Å². The Balaban J connectivity index is 1.99. The second kappa shape index (κ2) is 4.88. The first-order valence-corrected chi connectivity index (χ1v) is 6.58. The van der Waals surface area contributed by atoms with E-state index in [1.54, 1.807) is 11.5 Å². The molecule has 0 saturated carbocycles. The van der Waals surface area contributed by atoms with Gasteiger partial charge in [0.15, 0.2) is 0 Å². The number of rotatable bonds is 3. The molecule has 1 N–H and O–H groups in total. The molecule has 0 bridgehead atoms. The van der Waals surface area contributed by atoms with Gasteiger partial charge in [-0.2, -0.15) is 4.37 Å². The Morgan fingerprint density at radius 1 is 1.18 bits per heavy atom. The number of hydrogen-bond acceptors (Lipinski definition) is 3. The van der Waals surface area contributed by atoms with Crippen molar-refractivity contribution in [2.75, 3.05) is 5.32 Å². The van der Waals surface area contributed by atoms with E-state index < -0.39 is 0 Å². The third kappa shape index (κ3) is 3.30. The van der Waals surface area contributed by atoms with Crippen molar-refractivity contribution in [3.8, 4) is 0 Å². The van der Waals surface area contributed by atoms with Gasteiger partial charge in [0.1, 0.15) is 5.82 Å². The van der Waals surface area contributed by atoms with Gasteiger partial charge in [-0.25, -0.2) is 0 Å². The fourth-order valence-corrected chi connectivity index (χ4v) is 2.25. The van der Waals surface area contributed by atoms with Crippen LogP contribution in [0.15, 0.2) is 36.4 Å². The first-order valence-electron chi connectivity index (χ1n) is 5.81. The lowest BCUT2D eigenvalue weighted by molar-refractivity contribution is 0.604. The van der Waals surface area contributed by atoms with Gasteiger partial charge in [0.2, 0.25) is 0 Å². The van der Waals surface area contributed by atoms with Gasteiger partial charge in [0.25, 0.3) is 0 Å². The lowest BCUT2D eigenvalue weighted by Gasteiger charge is -2.14. The first kappa shape index (κ1) is 12.1. The summed E-state index contributed by atoms with van der Waals surface area (Å²) < 4.78 is 4.43. The quantitative estimate of drug-likeness (QED) is 0.883. The highest BCUT2D eigenvalue weighted by molar-refractivity contribution is 7.06. The predicted octanol–water partition coefficient (Wildman–Crippen LogP) is 4.05. The highest BCUT2D eigenvalue weighted by atomic mass is 32.1. The molecular formula is C14H18N2S. The van der Waals surface area contributed by atoms with Crippen molar-refractivity contribution in [2.24, 2.45) is 0 Å². The summed E-state index contributed by atoms with van der Waals surface area (Å²) in [5.41, 5.74) is 1.46. The number of aromatic nitrogens is 1. The zero-order valence-electron chi connectivity index (χ0n) is 10.5. The number of nitrogens with zero attached hydrogens (tertiary/aromatic N) is 1. The number of benzene rings is 1. The van der Waals surface area contributed by atoms with Crippen LogP contribution in [0.1, 0.15) is 31.2 Å². The van der Waals surface area contributed by atoms with Gasteiger partial charge in [-0.05, 0) is 28.6 Å². The highest BCUT2D eigenvalue weighted by Gasteiger charge is 2.16. The molecule has 90 valence electrons. The number of anilines is 1. The summed E-state index contributed by atoms with van der Waals surface area (Å²) in [6.45, 7) is 7.46. The van der Waals surface area contributed by atoms with Crippen molar-refractivity contribution in [1.29, 1.82) is 0 Å². The molecule has 1 aromatic heterocycles. The van der Waals surface area contributed by atoms with Gasteiger partial charge in [0, 0.05) is 11.4 Å². The van der Waals surface area contributed by atoms with Gasteiger partial charge >= 0.3 is 0 Å². The van der Waals surface area contributed by atoms with Crippen LogP contribution < -0.4 is 5.32 Å². The molecule has 3 heteroatoms. The monoisotopic (exact) mass is 246 g/mol. The summed E-state index contributed by atoms with van der Waals surface area (Å²) >= 11 is 1.58. The van der Waals surface area contributed by atoms with Crippen LogP contribution >= 0.6 is 11.5 Å². The molecule has 1 aromatic carbocycles. The van der Waals surface area contributed by atoms with Crippen LogP contribution in [0.25, 0.3) is 0 Å². The molecule has 0 amide bonds. The minimum Gasteiger partial charge on any atom is -0.365 e. The summed E-state index contributed by atoms with van der Waals surface area (Å²) in [5.74, 6) is 0.976. The normalized spacial score (nSPS) is 11.5. The molecule has 0 fully saturated rings. The molecule has 17 heavy (non-hydrogen) atoms. The Bertz CT molecular complexity index is 468. The van der Waals surface area contributed by atoms with Crippen molar-refractivity contribution in [2.45, 2.75) is 32.7 Å². The zero-order valence-corrected chi connectivity index (χ0v) is 11.3. The van der Waals surface area contributed by atoms with Crippen molar-refractivity contribution < 1.29 is 0 Å². The van der Waals surface area contributed by atoms with E-state index in [0.717, 1.165) is 12.4 Å². The second-order valence-corrected chi connectivity index (χ2v) is 5.97. The van der Waals surface area contributed by atoms with Crippen LogP contribution in [0.2, 0.25) is 0 Å². The van der Waals surface area contributed by atoms with Crippen molar-refractivity contribution in [3.05, 3.63) is 46.8 Å². The lowest BCUT2D eigenvalue weighted by atomic mass is 9.95. The van der Waals surface area contributed by atoms with Crippen LogP contribution in [-0.2, 0) is 12.0 Å². The molecule has 0 unspecified atom stereocenters. The summed E-state index contributed by atoms with van der Waals surface area (Å²) in [7, 11) is 0. The SMILES string of the molecule is CC(C)(C)c1cc(NCc2ccccc2)ns1. The number of hydrogen-bond donors (Lipinski definition) is 1. The molecule has 0 atom stereocenters. The second-order valence-electron chi connectivity index (χ2n) is 5.17. The van der Waals surface area contributed by atoms with Crippen LogP contribution in [0.3, 0.4) is 0 Å². The predicted molar refractivity (Wildman–Crippen MR) is 74.6 cm³/mol. The van der Waals surface area contributed by atoms with Gasteiger partial charge < -0.3 is 5.32 Å². The van der Waals surface area contributed by atoms with Gasteiger partial charge in [-0.3, -0.25) is 0 Å². The molecule has 2 rings (SSSR count). The average molecular weight is 246 g/mol. The molecule has 0 saturated heterocycles. The molecule has 2 aromatic rings. The zero-order chi connectivity index (χ0) is 12.3. The molecule has 0 radical (unpaired) electrons. The fourth-order valence-electron chi connectivity index (χ4n) is 1.50. The minimum atomic E-state index is 0.185. The van der Waals surface area contributed by atoms with E-state index in [2.05, 4.69) is 60.8 Å². The van der Waals surface area contributed by atoms with Crippen molar-refractivity contribution in [1.82, 2.24) is 4.37 Å².